The van der Waals surface area contributed by atoms with Crippen molar-refractivity contribution in [3.8, 4) is 0 Å². The van der Waals surface area contributed by atoms with E-state index in [1.54, 1.807) is 0 Å². The fraction of sp³-hybridized carbons (Fsp3) is 0.727. The highest BCUT2D eigenvalue weighted by molar-refractivity contribution is 8.00. The van der Waals surface area contributed by atoms with Gasteiger partial charge >= 0.3 is 0 Å². The number of rotatable bonds is 3. The smallest absolute Gasteiger partial charge is 0.0988 e. The number of thioether (sulfide) groups is 1. The zero-order valence-electron chi connectivity index (χ0n) is 10.1. The fourth-order valence-corrected chi connectivity index (χ4v) is 3.41. The minimum Gasteiger partial charge on any atom is -0.377 e. The van der Waals surface area contributed by atoms with Crippen LogP contribution in [0.3, 0.4) is 0 Å². The number of nitrogens with two attached hydrogens (primary N) is 1. The molecule has 2 rings (SSSR count). The molecule has 1 aromatic rings. The first-order valence-corrected chi connectivity index (χ1v) is 6.52. The first kappa shape index (κ1) is 12.0. The van der Waals surface area contributed by atoms with E-state index < -0.39 is 0 Å². The normalized spacial score (nSPS) is 25.2. The van der Waals surface area contributed by atoms with Crippen LogP contribution in [-0.2, 0) is 18.3 Å². The third-order valence-electron chi connectivity index (χ3n) is 3.06. The van der Waals surface area contributed by atoms with Gasteiger partial charge in [0.1, 0.15) is 0 Å². The van der Waals surface area contributed by atoms with E-state index in [-0.39, 0.29) is 0 Å². The molecule has 1 aromatic heterocycles. The van der Waals surface area contributed by atoms with Gasteiger partial charge in [-0.05, 0) is 20.3 Å². The zero-order chi connectivity index (χ0) is 11.7. The van der Waals surface area contributed by atoms with Gasteiger partial charge in [-0.2, -0.15) is 5.10 Å². The van der Waals surface area contributed by atoms with Gasteiger partial charge in [0.15, 0.2) is 0 Å². The van der Waals surface area contributed by atoms with Crippen molar-refractivity contribution in [1.29, 1.82) is 0 Å². The van der Waals surface area contributed by atoms with Crippen LogP contribution in [0.15, 0.2) is 5.03 Å². The van der Waals surface area contributed by atoms with Crippen LogP contribution in [0.25, 0.3) is 0 Å². The monoisotopic (exact) mass is 241 g/mol. The van der Waals surface area contributed by atoms with Crippen LogP contribution in [0.2, 0.25) is 0 Å². The Bertz CT molecular complexity index is 378. The molecule has 2 heterocycles. The summed E-state index contributed by atoms with van der Waals surface area (Å²) in [7, 11) is 1.98. The highest BCUT2D eigenvalue weighted by Gasteiger charge is 2.27. The Morgan fingerprint density at radius 1 is 1.62 bits per heavy atom. The molecule has 0 bridgehead atoms. The van der Waals surface area contributed by atoms with Crippen LogP contribution < -0.4 is 5.73 Å². The van der Waals surface area contributed by atoms with E-state index in [0.717, 1.165) is 18.7 Å². The molecule has 1 saturated heterocycles. The van der Waals surface area contributed by atoms with Crippen LogP contribution in [0.5, 0.6) is 0 Å². The molecule has 2 N–H and O–H groups in total. The highest BCUT2D eigenvalue weighted by atomic mass is 32.2. The molecule has 0 spiro atoms. The van der Waals surface area contributed by atoms with E-state index in [1.807, 2.05) is 30.4 Å². The lowest BCUT2D eigenvalue weighted by molar-refractivity contribution is 0.127. The molecule has 4 nitrogen and oxygen atoms in total. The number of hydrogen-bond donors (Lipinski definition) is 1. The molecule has 2 unspecified atom stereocenters. The third kappa shape index (κ3) is 2.12. The predicted molar refractivity (Wildman–Crippen MR) is 65.5 cm³/mol. The predicted octanol–water partition coefficient (Wildman–Crippen LogP) is 1.46. The quantitative estimate of drug-likeness (QED) is 0.870. The Balaban J connectivity index is 2.20. The number of ether oxygens (including phenoxy) is 1. The average molecular weight is 241 g/mol. The summed E-state index contributed by atoms with van der Waals surface area (Å²) in [5.74, 6) is 0. The maximum atomic E-state index is 5.78. The van der Waals surface area contributed by atoms with Crippen molar-refractivity contribution in [3.63, 3.8) is 0 Å². The molecule has 0 saturated carbocycles. The van der Waals surface area contributed by atoms with E-state index in [1.165, 1.54) is 10.6 Å². The second-order valence-corrected chi connectivity index (χ2v) is 5.45. The van der Waals surface area contributed by atoms with Crippen molar-refractivity contribution < 1.29 is 4.74 Å². The van der Waals surface area contributed by atoms with Gasteiger partial charge in [-0.15, -0.1) is 11.8 Å². The molecule has 0 aliphatic carbocycles. The summed E-state index contributed by atoms with van der Waals surface area (Å²) in [5.41, 5.74) is 7.99. The zero-order valence-corrected chi connectivity index (χ0v) is 10.9. The standard InChI is InChI=1S/C11H19N3OS/c1-7-9(6-12)11(14(3)13-7)16-10-4-5-15-8(10)2/h8,10H,4-6,12H2,1-3H3. The number of aromatic nitrogens is 2. The second-order valence-electron chi connectivity index (χ2n) is 4.22. The minimum atomic E-state index is 0.325. The molecule has 1 aliphatic heterocycles. The topological polar surface area (TPSA) is 53.1 Å². The van der Waals surface area contributed by atoms with Gasteiger partial charge in [0, 0.05) is 31.0 Å². The largest absolute Gasteiger partial charge is 0.377 e. The molecule has 90 valence electrons. The molecule has 0 radical (unpaired) electrons. The molecule has 5 heteroatoms. The molecular formula is C11H19N3OS. The lowest BCUT2D eigenvalue weighted by atomic mass is 10.2. The molecule has 0 amide bonds. The van der Waals surface area contributed by atoms with E-state index in [9.17, 15) is 0 Å². The van der Waals surface area contributed by atoms with E-state index in [4.69, 9.17) is 10.5 Å². The Kier molecular flexibility index (Phi) is 3.56. The first-order chi connectivity index (χ1) is 7.63. The van der Waals surface area contributed by atoms with Crippen molar-refractivity contribution in [3.05, 3.63) is 11.3 Å². The molecular weight excluding hydrogens is 222 g/mol. The number of hydrogen-bond acceptors (Lipinski definition) is 4. The van der Waals surface area contributed by atoms with E-state index in [2.05, 4.69) is 12.0 Å². The summed E-state index contributed by atoms with van der Waals surface area (Å²) in [6.45, 7) is 5.58. The van der Waals surface area contributed by atoms with Gasteiger partial charge in [0.2, 0.25) is 0 Å². The highest BCUT2D eigenvalue weighted by Crippen LogP contribution is 2.34. The fourth-order valence-electron chi connectivity index (χ4n) is 2.07. The SMILES string of the molecule is Cc1nn(C)c(SC2CCOC2C)c1CN. The van der Waals surface area contributed by atoms with Crippen LogP contribution >= 0.6 is 11.8 Å². The molecule has 1 fully saturated rings. The molecule has 1 aliphatic rings. The lowest BCUT2D eigenvalue weighted by Crippen LogP contribution is -2.14. The van der Waals surface area contributed by atoms with Gasteiger partial charge in [-0.3, -0.25) is 4.68 Å². The van der Waals surface area contributed by atoms with Crippen molar-refractivity contribution in [2.75, 3.05) is 6.61 Å². The summed E-state index contributed by atoms with van der Waals surface area (Å²) >= 11 is 1.85. The number of aryl methyl sites for hydroxylation is 2. The maximum Gasteiger partial charge on any atom is 0.0988 e. The Morgan fingerprint density at radius 3 is 2.94 bits per heavy atom. The lowest BCUT2D eigenvalue weighted by Gasteiger charge is -2.14. The average Bonchev–Trinajstić information content (AvgIpc) is 2.74. The minimum absolute atomic E-state index is 0.325. The summed E-state index contributed by atoms with van der Waals surface area (Å²) in [5, 5.41) is 6.15. The Labute approximate surface area is 101 Å². The summed E-state index contributed by atoms with van der Waals surface area (Å²) in [4.78, 5) is 0. The summed E-state index contributed by atoms with van der Waals surface area (Å²) in [6.07, 6.45) is 1.44. The van der Waals surface area contributed by atoms with Gasteiger partial charge in [0.05, 0.1) is 16.8 Å². The summed E-state index contributed by atoms with van der Waals surface area (Å²) in [6, 6.07) is 0. The summed E-state index contributed by atoms with van der Waals surface area (Å²) < 4.78 is 7.51. The van der Waals surface area contributed by atoms with Crippen molar-refractivity contribution in [2.24, 2.45) is 12.8 Å². The van der Waals surface area contributed by atoms with Crippen LogP contribution in [0.1, 0.15) is 24.6 Å². The molecule has 2 atom stereocenters. The Morgan fingerprint density at radius 2 is 2.38 bits per heavy atom. The van der Waals surface area contributed by atoms with Crippen LogP contribution in [-0.4, -0.2) is 27.7 Å². The molecule has 16 heavy (non-hydrogen) atoms. The van der Waals surface area contributed by atoms with E-state index in [0.29, 0.717) is 17.9 Å². The van der Waals surface area contributed by atoms with Crippen LogP contribution in [0.4, 0.5) is 0 Å². The number of nitrogens with zero attached hydrogens (tertiary/aromatic N) is 2. The van der Waals surface area contributed by atoms with Crippen molar-refractivity contribution in [1.82, 2.24) is 9.78 Å². The Hall–Kier alpha value is -0.520. The third-order valence-corrected chi connectivity index (χ3v) is 4.72. The van der Waals surface area contributed by atoms with E-state index >= 15 is 0 Å². The van der Waals surface area contributed by atoms with Gasteiger partial charge in [-0.25, -0.2) is 0 Å². The van der Waals surface area contributed by atoms with Crippen LogP contribution in [0, 0.1) is 6.92 Å². The first-order valence-electron chi connectivity index (χ1n) is 5.64. The molecule has 0 aromatic carbocycles. The van der Waals surface area contributed by atoms with Gasteiger partial charge < -0.3 is 10.5 Å². The van der Waals surface area contributed by atoms with Crippen molar-refractivity contribution >= 4 is 11.8 Å². The van der Waals surface area contributed by atoms with Crippen molar-refractivity contribution in [2.45, 2.75) is 43.2 Å². The maximum absolute atomic E-state index is 5.78. The van der Waals surface area contributed by atoms with Gasteiger partial charge in [-0.1, -0.05) is 0 Å². The van der Waals surface area contributed by atoms with Gasteiger partial charge in [0.25, 0.3) is 0 Å². The second kappa shape index (κ2) is 4.77.